The summed E-state index contributed by atoms with van der Waals surface area (Å²) in [6, 6.07) is 4.63. The molecule has 124 valence electrons. The molecule has 23 heavy (non-hydrogen) atoms. The van der Waals surface area contributed by atoms with E-state index in [0.29, 0.717) is 15.6 Å². The van der Waals surface area contributed by atoms with Crippen molar-refractivity contribution in [3.63, 3.8) is 0 Å². The Labute approximate surface area is 142 Å². The van der Waals surface area contributed by atoms with Gasteiger partial charge in [-0.1, -0.05) is 29.3 Å². The van der Waals surface area contributed by atoms with E-state index in [2.05, 4.69) is 4.72 Å². The van der Waals surface area contributed by atoms with Gasteiger partial charge in [0.05, 0.1) is 0 Å². The lowest BCUT2D eigenvalue weighted by Gasteiger charge is -2.10. The van der Waals surface area contributed by atoms with Crippen LogP contribution in [-0.4, -0.2) is 17.6 Å². The van der Waals surface area contributed by atoms with Crippen molar-refractivity contribution in [3.8, 4) is 0 Å². The minimum atomic E-state index is -4.11. The third kappa shape index (κ3) is 3.66. The van der Waals surface area contributed by atoms with Crippen LogP contribution in [0.25, 0.3) is 0 Å². The summed E-state index contributed by atoms with van der Waals surface area (Å²) in [7, 11) is -1.55. The molecule has 0 saturated heterocycles. The molecule has 1 aromatic heterocycles. The first-order valence-corrected chi connectivity index (χ1v) is 8.57. The third-order valence-corrected chi connectivity index (χ3v) is 5.14. The van der Waals surface area contributed by atoms with Gasteiger partial charge in [0.1, 0.15) is 0 Å². The van der Waals surface area contributed by atoms with Gasteiger partial charge in [0.25, 0.3) is 5.56 Å². The molecular weight excluding hydrogens is 365 g/mol. The molecule has 1 heterocycles. The zero-order valence-electron chi connectivity index (χ0n) is 12.2. The van der Waals surface area contributed by atoms with Crippen molar-refractivity contribution in [3.05, 3.63) is 60.8 Å². The van der Waals surface area contributed by atoms with Gasteiger partial charge in [-0.3, -0.25) is 9.36 Å². The number of rotatable bonds is 4. The molecular formula is C13H13Cl2N3O4S. The van der Waals surface area contributed by atoms with E-state index in [9.17, 15) is 18.0 Å². The number of aryl methyl sites for hydroxylation is 1. The average molecular weight is 378 g/mol. The normalized spacial score (nSPS) is 11.7. The monoisotopic (exact) mass is 377 g/mol. The minimum Gasteiger partial charge on any atom is -0.302 e. The first-order valence-electron chi connectivity index (χ1n) is 6.34. The second-order valence-electron chi connectivity index (χ2n) is 4.81. The Kier molecular flexibility index (Phi) is 5.00. The fourth-order valence-corrected chi connectivity index (χ4v) is 3.52. The lowest BCUT2D eigenvalue weighted by atomic mass is 10.2. The fourth-order valence-electron chi connectivity index (χ4n) is 1.87. The quantitative estimate of drug-likeness (QED) is 0.855. The van der Waals surface area contributed by atoms with E-state index in [1.807, 2.05) is 0 Å². The smallest absolute Gasteiger partial charge is 0.302 e. The molecule has 0 bridgehead atoms. The van der Waals surface area contributed by atoms with Gasteiger partial charge in [-0.05, 0) is 17.7 Å². The second kappa shape index (κ2) is 6.48. The predicted molar refractivity (Wildman–Crippen MR) is 87.4 cm³/mol. The molecule has 0 radical (unpaired) electrons. The SMILES string of the molecule is Cn1cc(S(=O)(=O)NCc2ccc(Cl)cc2Cl)c(=O)n(C)c1=O. The van der Waals surface area contributed by atoms with Crippen LogP contribution in [0.5, 0.6) is 0 Å². The Morgan fingerprint density at radius 2 is 1.83 bits per heavy atom. The molecule has 2 rings (SSSR count). The van der Waals surface area contributed by atoms with Crippen molar-refractivity contribution in [2.24, 2.45) is 14.1 Å². The maximum Gasteiger partial charge on any atom is 0.330 e. The summed E-state index contributed by atoms with van der Waals surface area (Å²) < 4.78 is 28.7. The third-order valence-electron chi connectivity index (χ3n) is 3.17. The minimum absolute atomic E-state index is 0.121. The number of sulfonamides is 1. The van der Waals surface area contributed by atoms with E-state index in [1.54, 1.807) is 12.1 Å². The molecule has 7 nitrogen and oxygen atoms in total. The Morgan fingerprint density at radius 1 is 1.17 bits per heavy atom. The summed E-state index contributed by atoms with van der Waals surface area (Å²) in [5, 5.41) is 0.724. The van der Waals surface area contributed by atoms with Crippen molar-refractivity contribution in [2.75, 3.05) is 0 Å². The fraction of sp³-hybridized carbons (Fsp3) is 0.231. The average Bonchev–Trinajstić information content (AvgIpc) is 2.47. The maximum atomic E-state index is 12.3. The molecule has 1 aromatic carbocycles. The van der Waals surface area contributed by atoms with Crippen LogP contribution in [0.1, 0.15) is 5.56 Å². The van der Waals surface area contributed by atoms with Gasteiger partial charge in [0.2, 0.25) is 10.0 Å². The van der Waals surface area contributed by atoms with Gasteiger partial charge in [0.15, 0.2) is 4.90 Å². The second-order valence-corrected chi connectivity index (χ2v) is 7.39. The largest absolute Gasteiger partial charge is 0.330 e. The number of halogens is 2. The predicted octanol–water partition coefficient (Wildman–Crippen LogP) is 0.869. The molecule has 1 N–H and O–H groups in total. The lowest BCUT2D eigenvalue weighted by Crippen LogP contribution is -2.41. The first-order chi connectivity index (χ1) is 10.6. The summed E-state index contributed by atoms with van der Waals surface area (Å²) in [4.78, 5) is 23.1. The van der Waals surface area contributed by atoms with Gasteiger partial charge < -0.3 is 4.57 Å². The summed E-state index contributed by atoms with van der Waals surface area (Å²) in [5.74, 6) is 0. The highest BCUT2D eigenvalue weighted by Gasteiger charge is 2.21. The number of nitrogens with one attached hydrogen (secondary N) is 1. The molecule has 0 amide bonds. The molecule has 0 aliphatic carbocycles. The Bertz CT molecular complexity index is 980. The molecule has 0 atom stereocenters. The molecule has 0 unspecified atom stereocenters. The molecule has 2 aromatic rings. The van der Waals surface area contributed by atoms with Gasteiger partial charge in [-0.25, -0.2) is 17.9 Å². The maximum absolute atomic E-state index is 12.3. The molecule has 0 saturated carbocycles. The van der Waals surface area contributed by atoms with Crippen LogP contribution in [-0.2, 0) is 30.7 Å². The summed E-state index contributed by atoms with van der Waals surface area (Å²) >= 11 is 11.8. The molecule has 0 fully saturated rings. The van der Waals surface area contributed by atoms with Crippen molar-refractivity contribution >= 4 is 33.2 Å². The van der Waals surface area contributed by atoms with Crippen LogP contribution in [0.4, 0.5) is 0 Å². The van der Waals surface area contributed by atoms with Crippen LogP contribution in [0, 0.1) is 0 Å². The summed E-state index contributed by atoms with van der Waals surface area (Å²) in [5.41, 5.74) is -1.02. The summed E-state index contributed by atoms with van der Waals surface area (Å²) in [6.45, 7) is -0.121. The lowest BCUT2D eigenvalue weighted by molar-refractivity contribution is 0.570. The zero-order chi connectivity index (χ0) is 17.4. The van der Waals surface area contributed by atoms with Gasteiger partial charge in [-0.15, -0.1) is 0 Å². The van der Waals surface area contributed by atoms with Crippen LogP contribution >= 0.6 is 23.2 Å². The molecule has 10 heteroatoms. The highest BCUT2D eigenvalue weighted by atomic mass is 35.5. The van der Waals surface area contributed by atoms with Crippen LogP contribution in [0.2, 0.25) is 10.0 Å². The van der Waals surface area contributed by atoms with Crippen molar-refractivity contribution in [2.45, 2.75) is 11.4 Å². The first kappa shape index (κ1) is 17.7. The van der Waals surface area contributed by atoms with E-state index >= 15 is 0 Å². The van der Waals surface area contributed by atoms with E-state index in [1.165, 1.54) is 20.2 Å². The molecule has 0 aliphatic heterocycles. The Hall–Kier alpha value is -1.61. The van der Waals surface area contributed by atoms with Gasteiger partial charge in [-0.2, -0.15) is 0 Å². The van der Waals surface area contributed by atoms with Crippen molar-refractivity contribution in [1.29, 1.82) is 0 Å². The molecule has 0 aliphatic rings. The molecule has 0 spiro atoms. The topological polar surface area (TPSA) is 90.2 Å². The summed E-state index contributed by atoms with van der Waals surface area (Å²) in [6.07, 6.45) is 0.983. The number of hydrogen-bond acceptors (Lipinski definition) is 4. The standard InChI is InChI=1S/C13H13Cl2N3O4S/c1-17-7-11(12(19)18(2)13(17)20)23(21,22)16-6-8-3-4-9(14)5-10(8)15/h3-5,7,16H,6H2,1-2H3. The van der Waals surface area contributed by atoms with Crippen LogP contribution in [0.15, 0.2) is 38.9 Å². The number of benzene rings is 1. The Balaban J connectivity index is 2.37. The van der Waals surface area contributed by atoms with Crippen molar-refractivity contribution < 1.29 is 8.42 Å². The van der Waals surface area contributed by atoms with E-state index in [4.69, 9.17) is 23.2 Å². The van der Waals surface area contributed by atoms with Crippen LogP contribution in [0.3, 0.4) is 0 Å². The Morgan fingerprint density at radius 3 is 2.43 bits per heavy atom. The number of hydrogen-bond donors (Lipinski definition) is 1. The van der Waals surface area contributed by atoms with Gasteiger partial charge >= 0.3 is 5.69 Å². The number of nitrogens with zero attached hydrogens (tertiary/aromatic N) is 2. The number of aromatic nitrogens is 2. The van der Waals surface area contributed by atoms with E-state index in [0.717, 1.165) is 15.3 Å². The van der Waals surface area contributed by atoms with Gasteiger partial charge in [0, 0.05) is 36.9 Å². The van der Waals surface area contributed by atoms with Crippen molar-refractivity contribution in [1.82, 2.24) is 13.9 Å². The highest BCUT2D eigenvalue weighted by molar-refractivity contribution is 7.89. The van der Waals surface area contributed by atoms with E-state index in [-0.39, 0.29) is 6.54 Å². The highest BCUT2D eigenvalue weighted by Crippen LogP contribution is 2.21. The zero-order valence-corrected chi connectivity index (χ0v) is 14.5. The van der Waals surface area contributed by atoms with E-state index < -0.39 is 26.2 Å². The van der Waals surface area contributed by atoms with Crippen LogP contribution < -0.4 is 16.0 Å².